The van der Waals surface area contributed by atoms with Crippen molar-refractivity contribution in [2.75, 3.05) is 26.3 Å². The fourth-order valence-corrected chi connectivity index (χ4v) is 2.54. The molecule has 0 saturated carbocycles. The van der Waals surface area contributed by atoms with Crippen molar-refractivity contribution in [2.45, 2.75) is 6.61 Å². The molecule has 1 amide bonds. The molecule has 0 unspecified atom stereocenters. The average molecular weight is 322 g/mol. The first-order chi connectivity index (χ1) is 11.8. The number of hydrogen-bond donors (Lipinski definition) is 0. The van der Waals surface area contributed by atoms with Crippen LogP contribution in [-0.4, -0.2) is 37.1 Å². The predicted octanol–water partition coefficient (Wildman–Crippen LogP) is 2.61. The van der Waals surface area contributed by atoms with Gasteiger partial charge in [-0.1, -0.05) is 24.3 Å². The Labute approximate surface area is 141 Å². The summed E-state index contributed by atoms with van der Waals surface area (Å²) in [7, 11) is 0. The number of nitrogens with zero attached hydrogens (tertiary/aromatic N) is 2. The molecular weight excluding hydrogens is 304 g/mol. The first kappa shape index (κ1) is 16.0. The molecule has 5 heteroatoms. The Balaban J connectivity index is 1.71. The number of carbonyl (C=O) groups excluding carboxylic acids is 1. The summed E-state index contributed by atoms with van der Waals surface area (Å²) >= 11 is 0. The van der Waals surface area contributed by atoms with E-state index in [9.17, 15) is 4.79 Å². The molecule has 3 rings (SSSR count). The monoisotopic (exact) mass is 322 g/mol. The molecule has 0 N–H and O–H groups in total. The van der Waals surface area contributed by atoms with Gasteiger partial charge in [-0.05, 0) is 29.8 Å². The zero-order valence-corrected chi connectivity index (χ0v) is 13.3. The average Bonchev–Trinajstić information content (AvgIpc) is 2.67. The number of amides is 1. The minimum atomic E-state index is -0.0336. The van der Waals surface area contributed by atoms with Crippen molar-refractivity contribution in [3.63, 3.8) is 0 Å². The van der Waals surface area contributed by atoms with Gasteiger partial charge in [0, 0.05) is 13.1 Å². The Bertz CT molecular complexity index is 744. The third-order valence-electron chi connectivity index (χ3n) is 3.89. The Morgan fingerprint density at radius 2 is 1.83 bits per heavy atom. The van der Waals surface area contributed by atoms with E-state index >= 15 is 0 Å². The maximum atomic E-state index is 12.7. The van der Waals surface area contributed by atoms with Crippen molar-refractivity contribution in [1.82, 2.24) is 4.90 Å². The fourth-order valence-electron chi connectivity index (χ4n) is 2.54. The van der Waals surface area contributed by atoms with Crippen LogP contribution in [0.25, 0.3) is 0 Å². The highest BCUT2D eigenvalue weighted by molar-refractivity contribution is 5.97. The van der Waals surface area contributed by atoms with Crippen LogP contribution in [-0.2, 0) is 11.3 Å². The van der Waals surface area contributed by atoms with E-state index in [0.717, 1.165) is 5.56 Å². The number of morpholine rings is 1. The SMILES string of the molecule is N#Cc1ccc(COc2ccccc2C(=O)N2CCOCC2)cc1. The number of para-hydroxylation sites is 1. The van der Waals surface area contributed by atoms with Crippen molar-refractivity contribution >= 4 is 5.91 Å². The van der Waals surface area contributed by atoms with E-state index in [1.165, 1.54) is 0 Å². The van der Waals surface area contributed by atoms with Gasteiger partial charge < -0.3 is 14.4 Å². The molecule has 1 heterocycles. The highest BCUT2D eigenvalue weighted by Gasteiger charge is 2.21. The highest BCUT2D eigenvalue weighted by atomic mass is 16.5. The summed E-state index contributed by atoms with van der Waals surface area (Å²) in [4.78, 5) is 14.5. The Morgan fingerprint density at radius 1 is 1.12 bits per heavy atom. The van der Waals surface area contributed by atoms with E-state index in [1.807, 2.05) is 24.3 Å². The van der Waals surface area contributed by atoms with Crippen LogP contribution in [0.3, 0.4) is 0 Å². The van der Waals surface area contributed by atoms with Crippen LogP contribution in [0.5, 0.6) is 5.75 Å². The molecule has 0 atom stereocenters. The second kappa shape index (κ2) is 7.62. The summed E-state index contributed by atoms with van der Waals surface area (Å²) in [6.07, 6.45) is 0. The van der Waals surface area contributed by atoms with Gasteiger partial charge in [0.1, 0.15) is 12.4 Å². The van der Waals surface area contributed by atoms with Crippen LogP contribution in [0.4, 0.5) is 0 Å². The molecule has 1 saturated heterocycles. The van der Waals surface area contributed by atoms with Gasteiger partial charge in [-0.3, -0.25) is 4.79 Å². The molecule has 0 radical (unpaired) electrons. The van der Waals surface area contributed by atoms with Crippen molar-refractivity contribution in [3.05, 3.63) is 65.2 Å². The number of hydrogen-bond acceptors (Lipinski definition) is 4. The normalized spacial score (nSPS) is 14.0. The lowest BCUT2D eigenvalue weighted by atomic mass is 10.1. The predicted molar refractivity (Wildman–Crippen MR) is 88.7 cm³/mol. The van der Waals surface area contributed by atoms with Crippen LogP contribution in [0.1, 0.15) is 21.5 Å². The van der Waals surface area contributed by atoms with E-state index in [2.05, 4.69) is 6.07 Å². The quantitative estimate of drug-likeness (QED) is 0.868. The van der Waals surface area contributed by atoms with E-state index in [0.29, 0.717) is 49.8 Å². The zero-order valence-electron chi connectivity index (χ0n) is 13.3. The number of benzene rings is 2. The lowest BCUT2D eigenvalue weighted by Gasteiger charge is -2.27. The topological polar surface area (TPSA) is 62.6 Å². The van der Waals surface area contributed by atoms with Gasteiger partial charge in [-0.25, -0.2) is 0 Å². The zero-order chi connectivity index (χ0) is 16.8. The molecule has 1 fully saturated rings. The molecule has 2 aromatic rings. The van der Waals surface area contributed by atoms with Gasteiger partial charge in [0.25, 0.3) is 5.91 Å². The molecule has 1 aliphatic rings. The molecule has 5 nitrogen and oxygen atoms in total. The first-order valence-electron chi connectivity index (χ1n) is 7.86. The van der Waals surface area contributed by atoms with Crippen molar-refractivity contribution < 1.29 is 14.3 Å². The van der Waals surface area contributed by atoms with E-state index < -0.39 is 0 Å². The Morgan fingerprint density at radius 3 is 2.54 bits per heavy atom. The van der Waals surface area contributed by atoms with Crippen LogP contribution in [0.15, 0.2) is 48.5 Å². The second-order valence-electron chi connectivity index (χ2n) is 5.50. The minimum absolute atomic E-state index is 0.0336. The van der Waals surface area contributed by atoms with E-state index in [-0.39, 0.29) is 5.91 Å². The molecule has 122 valence electrons. The van der Waals surface area contributed by atoms with Crippen LogP contribution in [0.2, 0.25) is 0 Å². The van der Waals surface area contributed by atoms with E-state index in [1.54, 1.807) is 29.2 Å². The Kier molecular flexibility index (Phi) is 5.09. The number of carbonyl (C=O) groups is 1. The largest absolute Gasteiger partial charge is 0.488 e. The summed E-state index contributed by atoms with van der Waals surface area (Å²) in [5.74, 6) is 0.534. The number of ether oxygens (including phenoxy) is 2. The highest BCUT2D eigenvalue weighted by Crippen LogP contribution is 2.22. The first-order valence-corrected chi connectivity index (χ1v) is 7.86. The number of nitriles is 1. The summed E-state index contributed by atoms with van der Waals surface area (Å²) in [6, 6.07) is 16.6. The summed E-state index contributed by atoms with van der Waals surface area (Å²) < 4.78 is 11.1. The van der Waals surface area contributed by atoms with Gasteiger partial charge >= 0.3 is 0 Å². The molecule has 1 aliphatic heterocycles. The van der Waals surface area contributed by atoms with Gasteiger partial charge in [0.15, 0.2) is 0 Å². The third kappa shape index (κ3) is 3.73. The van der Waals surface area contributed by atoms with Gasteiger partial charge in [0.2, 0.25) is 0 Å². The van der Waals surface area contributed by atoms with Crippen molar-refractivity contribution in [3.8, 4) is 11.8 Å². The van der Waals surface area contributed by atoms with Crippen molar-refractivity contribution in [2.24, 2.45) is 0 Å². The van der Waals surface area contributed by atoms with Crippen LogP contribution >= 0.6 is 0 Å². The van der Waals surface area contributed by atoms with Gasteiger partial charge in [-0.2, -0.15) is 5.26 Å². The Hall–Kier alpha value is -2.84. The lowest BCUT2D eigenvalue weighted by Crippen LogP contribution is -2.40. The molecule has 0 aliphatic carbocycles. The summed E-state index contributed by atoms with van der Waals surface area (Å²) in [5, 5.41) is 8.83. The minimum Gasteiger partial charge on any atom is -0.488 e. The maximum Gasteiger partial charge on any atom is 0.257 e. The van der Waals surface area contributed by atoms with E-state index in [4.69, 9.17) is 14.7 Å². The van der Waals surface area contributed by atoms with Crippen molar-refractivity contribution in [1.29, 1.82) is 5.26 Å². The summed E-state index contributed by atoms with van der Waals surface area (Å²) in [6.45, 7) is 2.69. The van der Waals surface area contributed by atoms with Crippen LogP contribution < -0.4 is 4.74 Å². The molecule has 0 spiro atoms. The lowest BCUT2D eigenvalue weighted by molar-refractivity contribution is 0.0300. The number of rotatable bonds is 4. The maximum absolute atomic E-state index is 12.7. The van der Waals surface area contributed by atoms with Crippen LogP contribution in [0, 0.1) is 11.3 Å². The standard InChI is InChI=1S/C19H18N2O3/c20-13-15-5-7-16(8-6-15)14-24-18-4-2-1-3-17(18)19(22)21-9-11-23-12-10-21/h1-8H,9-12,14H2. The third-order valence-corrected chi connectivity index (χ3v) is 3.89. The molecule has 0 bridgehead atoms. The molecule has 24 heavy (non-hydrogen) atoms. The van der Waals surface area contributed by atoms with Gasteiger partial charge in [-0.15, -0.1) is 0 Å². The van der Waals surface area contributed by atoms with Gasteiger partial charge in [0.05, 0.1) is 30.4 Å². The molecule has 2 aromatic carbocycles. The molecular formula is C19H18N2O3. The summed E-state index contributed by atoms with van der Waals surface area (Å²) in [5.41, 5.74) is 2.12. The molecule has 0 aromatic heterocycles. The smallest absolute Gasteiger partial charge is 0.257 e. The fraction of sp³-hybridized carbons (Fsp3) is 0.263. The second-order valence-corrected chi connectivity index (χ2v) is 5.50.